The van der Waals surface area contributed by atoms with Crippen LogP contribution in [0, 0.1) is 29.6 Å². The molecule has 0 aromatic rings. The Labute approximate surface area is 227 Å². The van der Waals surface area contributed by atoms with Gasteiger partial charge in [-0.05, 0) is 64.2 Å². The van der Waals surface area contributed by atoms with Crippen LogP contribution in [-0.2, 0) is 33.3 Å². The zero-order valence-electron chi connectivity index (χ0n) is 25.3. The van der Waals surface area contributed by atoms with Crippen molar-refractivity contribution in [1.82, 2.24) is 0 Å². The minimum Gasteiger partial charge on any atom is -0.391 e. The fourth-order valence-corrected chi connectivity index (χ4v) is 3.99. The molecule has 0 radical (unpaired) electrons. The van der Waals surface area contributed by atoms with Gasteiger partial charge in [0.05, 0.1) is 39.1 Å². The number of ketones is 2. The van der Waals surface area contributed by atoms with Crippen LogP contribution in [0.1, 0.15) is 74.1 Å². The zero-order chi connectivity index (χ0) is 28.6. The van der Waals surface area contributed by atoms with E-state index in [9.17, 15) is 14.7 Å². The van der Waals surface area contributed by atoms with Gasteiger partial charge in [0.1, 0.15) is 11.6 Å². The normalized spacial score (nSPS) is 16.2. The minimum absolute atomic E-state index is 0.108. The lowest BCUT2D eigenvalue weighted by atomic mass is 9.85. The van der Waals surface area contributed by atoms with E-state index in [1.165, 1.54) is 0 Å². The first-order valence-electron chi connectivity index (χ1n) is 13.9. The van der Waals surface area contributed by atoms with E-state index in [0.29, 0.717) is 70.6 Å². The maximum absolute atomic E-state index is 11.7. The van der Waals surface area contributed by atoms with E-state index < -0.39 is 6.10 Å². The van der Waals surface area contributed by atoms with Crippen molar-refractivity contribution in [3.63, 3.8) is 0 Å². The smallest absolute Gasteiger partial charge is 0.132 e. The third-order valence-corrected chi connectivity index (χ3v) is 6.25. The summed E-state index contributed by atoms with van der Waals surface area (Å²) in [6.45, 7) is 18.1. The monoisotopic (exact) mass is 534 g/mol. The van der Waals surface area contributed by atoms with E-state index in [1.54, 1.807) is 35.0 Å². The molecule has 0 aromatic heterocycles. The van der Waals surface area contributed by atoms with Crippen LogP contribution in [0.15, 0.2) is 0 Å². The molecule has 6 unspecified atom stereocenters. The van der Waals surface area contributed by atoms with Crippen LogP contribution in [-0.4, -0.2) is 89.9 Å². The highest BCUT2D eigenvalue weighted by Crippen LogP contribution is 2.24. The summed E-state index contributed by atoms with van der Waals surface area (Å²) in [6, 6.07) is 0. The van der Waals surface area contributed by atoms with E-state index >= 15 is 0 Å². The van der Waals surface area contributed by atoms with Gasteiger partial charge >= 0.3 is 0 Å². The summed E-state index contributed by atoms with van der Waals surface area (Å²) in [4.78, 5) is 22.7. The summed E-state index contributed by atoms with van der Waals surface area (Å²) in [5.74, 6) is 1.92. The van der Waals surface area contributed by atoms with Crippen LogP contribution in [0.3, 0.4) is 0 Å². The fraction of sp³-hybridized carbons (Fsp3) is 0.931. The van der Waals surface area contributed by atoms with Gasteiger partial charge in [-0.15, -0.1) is 0 Å². The largest absolute Gasteiger partial charge is 0.391 e. The standard InChI is InChI=1S/C18H36O5.C11H22O3/c1-6-18(16(4)20)10-17(13-22-8-7-21-5)9-14(2)11-23-12-15(3)19;1-9(7-10(2)11(3)12)8-14-6-5-13-4/h14-15,17-19H,6-13H2,1-5H3;9-10H,5-8H2,1-4H3. The van der Waals surface area contributed by atoms with Crippen LogP contribution in [0.2, 0.25) is 0 Å². The molecule has 37 heavy (non-hydrogen) atoms. The highest BCUT2D eigenvalue weighted by molar-refractivity contribution is 5.78. The molecule has 0 aliphatic heterocycles. The molecule has 0 aliphatic rings. The predicted octanol–water partition coefficient (Wildman–Crippen LogP) is 4.60. The third-order valence-electron chi connectivity index (χ3n) is 6.25. The average Bonchev–Trinajstić information content (AvgIpc) is 2.82. The molecule has 0 spiro atoms. The molecule has 0 rings (SSSR count). The van der Waals surface area contributed by atoms with E-state index in [0.717, 1.165) is 25.7 Å². The van der Waals surface area contributed by atoms with Gasteiger partial charge in [0.25, 0.3) is 0 Å². The van der Waals surface area contributed by atoms with Gasteiger partial charge in [-0.2, -0.15) is 0 Å². The van der Waals surface area contributed by atoms with E-state index in [4.69, 9.17) is 23.7 Å². The number of hydrogen-bond acceptors (Lipinski definition) is 8. The van der Waals surface area contributed by atoms with Gasteiger partial charge in [-0.25, -0.2) is 0 Å². The van der Waals surface area contributed by atoms with Gasteiger partial charge in [-0.3, -0.25) is 9.59 Å². The van der Waals surface area contributed by atoms with Crippen molar-refractivity contribution < 1.29 is 38.4 Å². The fourth-order valence-electron chi connectivity index (χ4n) is 3.99. The number of carbonyl (C=O) groups is 2. The van der Waals surface area contributed by atoms with Gasteiger partial charge in [0.2, 0.25) is 0 Å². The second kappa shape index (κ2) is 25.4. The number of rotatable bonds is 23. The van der Waals surface area contributed by atoms with Crippen LogP contribution in [0.5, 0.6) is 0 Å². The Bertz CT molecular complexity index is 540. The van der Waals surface area contributed by atoms with Crippen LogP contribution in [0.4, 0.5) is 0 Å². The van der Waals surface area contributed by atoms with Crippen LogP contribution < -0.4 is 0 Å². The van der Waals surface area contributed by atoms with Gasteiger partial charge < -0.3 is 28.8 Å². The molecule has 0 saturated heterocycles. The molecule has 0 aliphatic carbocycles. The Morgan fingerprint density at radius 1 is 0.676 bits per heavy atom. The van der Waals surface area contributed by atoms with Crippen molar-refractivity contribution in [2.75, 3.05) is 67.1 Å². The minimum atomic E-state index is -0.433. The van der Waals surface area contributed by atoms with Crippen molar-refractivity contribution in [2.24, 2.45) is 29.6 Å². The molecular formula is C29H58O8. The number of Topliss-reactive ketones (excluding diaryl/α,β-unsaturated/α-hetero) is 2. The Morgan fingerprint density at radius 3 is 1.65 bits per heavy atom. The summed E-state index contributed by atoms with van der Waals surface area (Å²) >= 11 is 0. The van der Waals surface area contributed by atoms with Crippen molar-refractivity contribution in [1.29, 1.82) is 0 Å². The first kappa shape index (κ1) is 38.2. The average molecular weight is 535 g/mol. The summed E-state index contributed by atoms with van der Waals surface area (Å²) in [5.41, 5.74) is 0. The summed E-state index contributed by atoms with van der Waals surface area (Å²) in [6.07, 6.45) is 3.16. The number of aliphatic hydroxyl groups excluding tert-OH is 1. The Hall–Kier alpha value is -0.900. The summed E-state index contributed by atoms with van der Waals surface area (Å²) in [7, 11) is 3.32. The van der Waals surface area contributed by atoms with E-state index in [-0.39, 0.29) is 23.4 Å². The molecule has 0 saturated carbocycles. The molecule has 0 heterocycles. The topological polar surface area (TPSA) is 101 Å². The number of methoxy groups -OCH3 is 2. The first-order valence-corrected chi connectivity index (χ1v) is 13.9. The first-order chi connectivity index (χ1) is 17.5. The molecule has 0 fully saturated rings. The Morgan fingerprint density at radius 2 is 1.19 bits per heavy atom. The molecule has 0 aromatic carbocycles. The lowest BCUT2D eigenvalue weighted by Gasteiger charge is -2.24. The SMILES string of the molecule is CCC(CC(COCCOC)CC(C)COCC(C)O)C(C)=O.COCCOCC(C)CC(C)C(C)=O. The lowest BCUT2D eigenvalue weighted by Crippen LogP contribution is -2.23. The molecule has 8 heteroatoms. The van der Waals surface area contributed by atoms with Gasteiger partial charge in [0, 0.05) is 45.9 Å². The second-order valence-electron chi connectivity index (χ2n) is 10.5. The molecule has 222 valence electrons. The molecule has 6 atom stereocenters. The lowest BCUT2D eigenvalue weighted by molar-refractivity contribution is -0.122. The summed E-state index contributed by atoms with van der Waals surface area (Å²) in [5, 5.41) is 9.23. The maximum atomic E-state index is 11.7. The molecule has 8 nitrogen and oxygen atoms in total. The van der Waals surface area contributed by atoms with Gasteiger partial charge in [0.15, 0.2) is 0 Å². The number of aliphatic hydroxyl groups is 1. The Balaban J connectivity index is 0. The van der Waals surface area contributed by atoms with Crippen molar-refractivity contribution in [3.8, 4) is 0 Å². The van der Waals surface area contributed by atoms with Crippen LogP contribution >= 0.6 is 0 Å². The number of ether oxygens (including phenoxy) is 5. The Kier molecular flexibility index (Phi) is 26.2. The van der Waals surface area contributed by atoms with Crippen molar-refractivity contribution in [2.45, 2.75) is 80.3 Å². The maximum Gasteiger partial charge on any atom is 0.132 e. The van der Waals surface area contributed by atoms with E-state index in [1.807, 2.05) is 6.92 Å². The van der Waals surface area contributed by atoms with Crippen molar-refractivity contribution >= 4 is 11.6 Å². The van der Waals surface area contributed by atoms with Crippen LogP contribution in [0.25, 0.3) is 0 Å². The quantitative estimate of drug-likeness (QED) is 0.190. The second-order valence-corrected chi connectivity index (χ2v) is 10.5. The molecular weight excluding hydrogens is 476 g/mol. The van der Waals surface area contributed by atoms with Crippen molar-refractivity contribution in [3.05, 3.63) is 0 Å². The highest BCUT2D eigenvalue weighted by atomic mass is 16.5. The molecule has 1 N–H and O–H groups in total. The molecule has 0 amide bonds. The molecule has 0 bridgehead atoms. The van der Waals surface area contributed by atoms with Gasteiger partial charge in [-0.1, -0.05) is 27.7 Å². The summed E-state index contributed by atoms with van der Waals surface area (Å²) < 4.78 is 26.4. The third kappa shape index (κ3) is 25.2. The number of carbonyl (C=O) groups excluding carboxylic acids is 2. The highest BCUT2D eigenvalue weighted by Gasteiger charge is 2.21. The van der Waals surface area contributed by atoms with E-state index in [2.05, 4.69) is 20.8 Å². The zero-order valence-corrected chi connectivity index (χ0v) is 25.3. The number of hydrogen-bond donors (Lipinski definition) is 1. The predicted molar refractivity (Wildman–Crippen MR) is 148 cm³/mol.